The normalized spacial score (nSPS) is 27.2. The molecule has 2 nitrogen and oxygen atoms in total. The molecule has 1 aliphatic heterocycles. The maximum absolute atomic E-state index is 13.6. The van der Waals surface area contributed by atoms with Crippen molar-refractivity contribution >= 4 is 0 Å². The molecule has 3 rings (SSSR count). The Kier molecular flexibility index (Phi) is 6.07. The Labute approximate surface area is 140 Å². The molecule has 1 aliphatic carbocycles. The van der Waals surface area contributed by atoms with E-state index in [4.69, 9.17) is 0 Å². The van der Waals surface area contributed by atoms with E-state index in [1.807, 2.05) is 6.07 Å². The average Bonchev–Trinajstić information content (AvgIpc) is 2.60. The molecule has 1 heterocycles. The molecule has 0 bridgehead atoms. The average molecular weight is 318 g/mol. The van der Waals surface area contributed by atoms with Gasteiger partial charge in [0.25, 0.3) is 0 Å². The summed E-state index contributed by atoms with van der Waals surface area (Å²) in [4.78, 5) is 2.51. The van der Waals surface area contributed by atoms with E-state index in [1.165, 1.54) is 32.1 Å². The summed E-state index contributed by atoms with van der Waals surface area (Å²) in [6, 6.07) is 7.74. The molecule has 2 aliphatic rings. The highest BCUT2D eigenvalue weighted by Gasteiger charge is 2.28. The summed E-state index contributed by atoms with van der Waals surface area (Å²) in [6.07, 6.45) is 8.15. The molecule has 0 radical (unpaired) electrons. The van der Waals surface area contributed by atoms with E-state index < -0.39 is 0 Å². The Morgan fingerprint density at radius 2 is 2.00 bits per heavy atom. The van der Waals surface area contributed by atoms with Crippen molar-refractivity contribution in [2.24, 2.45) is 5.92 Å². The van der Waals surface area contributed by atoms with Crippen LogP contribution >= 0.6 is 0 Å². The molecule has 2 atom stereocenters. The van der Waals surface area contributed by atoms with Gasteiger partial charge < -0.3 is 10.2 Å². The number of likely N-dealkylation sites (tertiary alicyclic amines) is 1. The van der Waals surface area contributed by atoms with Gasteiger partial charge in [-0.1, -0.05) is 38.3 Å². The van der Waals surface area contributed by atoms with Gasteiger partial charge in [0.2, 0.25) is 0 Å². The Bertz CT molecular complexity index is 484. The van der Waals surface area contributed by atoms with Gasteiger partial charge in [-0.05, 0) is 61.9 Å². The van der Waals surface area contributed by atoms with E-state index >= 15 is 0 Å². The molecule has 128 valence electrons. The summed E-state index contributed by atoms with van der Waals surface area (Å²) in [7, 11) is 0. The number of nitrogens with zero attached hydrogens (tertiary/aromatic N) is 1. The highest BCUT2D eigenvalue weighted by Crippen LogP contribution is 2.28. The van der Waals surface area contributed by atoms with Crippen LogP contribution in [0.1, 0.15) is 56.9 Å². The number of likely N-dealkylation sites (N-methyl/N-ethyl adjacent to an activating group) is 1. The van der Waals surface area contributed by atoms with E-state index in [2.05, 4.69) is 23.2 Å². The van der Waals surface area contributed by atoms with Crippen molar-refractivity contribution in [2.45, 2.75) is 57.4 Å². The monoisotopic (exact) mass is 318 g/mol. The second kappa shape index (κ2) is 8.25. The molecule has 2 fully saturated rings. The zero-order valence-electron chi connectivity index (χ0n) is 14.4. The van der Waals surface area contributed by atoms with Gasteiger partial charge >= 0.3 is 0 Å². The van der Waals surface area contributed by atoms with E-state index in [9.17, 15) is 4.39 Å². The van der Waals surface area contributed by atoms with Crippen LogP contribution in [0.3, 0.4) is 0 Å². The third-order valence-corrected chi connectivity index (χ3v) is 5.71. The fourth-order valence-electron chi connectivity index (χ4n) is 4.32. The Hall–Kier alpha value is -0.930. The zero-order chi connectivity index (χ0) is 16.1. The molecule has 1 saturated heterocycles. The molecule has 1 aromatic carbocycles. The maximum atomic E-state index is 13.6. The summed E-state index contributed by atoms with van der Waals surface area (Å²) in [5, 5.41) is 3.83. The van der Waals surface area contributed by atoms with Gasteiger partial charge in [-0.15, -0.1) is 0 Å². The van der Waals surface area contributed by atoms with Crippen LogP contribution in [-0.4, -0.2) is 37.1 Å². The minimum absolute atomic E-state index is 0.108. The summed E-state index contributed by atoms with van der Waals surface area (Å²) in [5.41, 5.74) is 1.16. The lowest BCUT2D eigenvalue weighted by Crippen LogP contribution is -2.49. The SMILES string of the molecule is CCN1CC(NCC2CCCCC2)CC(c2cccc(F)c2)C1. The predicted molar refractivity (Wildman–Crippen MR) is 94.2 cm³/mol. The number of halogens is 1. The van der Waals surface area contributed by atoms with Gasteiger partial charge in [0.15, 0.2) is 0 Å². The van der Waals surface area contributed by atoms with Crippen LogP contribution in [0.5, 0.6) is 0 Å². The van der Waals surface area contributed by atoms with Crippen molar-refractivity contribution in [3.05, 3.63) is 35.6 Å². The largest absolute Gasteiger partial charge is 0.312 e. The van der Waals surface area contributed by atoms with Gasteiger partial charge in [0, 0.05) is 19.1 Å². The molecule has 0 amide bonds. The molecule has 1 saturated carbocycles. The number of hydrogen-bond donors (Lipinski definition) is 1. The first-order valence-corrected chi connectivity index (χ1v) is 9.45. The van der Waals surface area contributed by atoms with Crippen molar-refractivity contribution in [3.63, 3.8) is 0 Å². The fraction of sp³-hybridized carbons (Fsp3) is 0.700. The highest BCUT2D eigenvalue weighted by molar-refractivity contribution is 5.22. The standard InChI is InChI=1S/C20H31FN2/c1-2-23-14-18(17-9-6-10-19(21)11-17)12-20(15-23)22-13-16-7-4-3-5-8-16/h6,9-11,16,18,20,22H,2-5,7-8,12-15H2,1H3. The van der Waals surface area contributed by atoms with Crippen LogP contribution < -0.4 is 5.32 Å². The molecule has 1 aromatic rings. The summed E-state index contributed by atoms with van der Waals surface area (Å²) < 4.78 is 13.6. The second-order valence-corrected chi connectivity index (χ2v) is 7.45. The van der Waals surface area contributed by atoms with Gasteiger partial charge in [-0.3, -0.25) is 0 Å². The van der Waals surface area contributed by atoms with Crippen LogP contribution in [0.15, 0.2) is 24.3 Å². The van der Waals surface area contributed by atoms with Crippen LogP contribution in [0.4, 0.5) is 4.39 Å². The third-order valence-electron chi connectivity index (χ3n) is 5.71. The number of hydrogen-bond acceptors (Lipinski definition) is 2. The van der Waals surface area contributed by atoms with Crippen LogP contribution in [0.25, 0.3) is 0 Å². The quantitative estimate of drug-likeness (QED) is 0.876. The van der Waals surface area contributed by atoms with Crippen LogP contribution in [-0.2, 0) is 0 Å². The Morgan fingerprint density at radius 3 is 2.74 bits per heavy atom. The van der Waals surface area contributed by atoms with Gasteiger partial charge in [-0.2, -0.15) is 0 Å². The first-order valence-electron chi connectivity index (χ1n) is 9.45. The second-order valence-electron chi connectivity index (χ2n) is 7.45. The van der Waals surface area contributed by atoms with Crippen molar-refractivity contribution in [1.29, 1.82) is 0 Å². The topological polar surface area (TPSA) is 15.3 Å². The van der Waals surface area contributed by atoms with Crippen molar-refractivity contribution in [2.75, 3.05) is 26.2 Å². The molecule has 23 heavy (non-hydrogen) atoms. The zero-order valence-corrected chi connectivity index (χ0v) is 14.4. The molecule has 0 spiro atoms. The van der Waals surface area contributed by atoms with E-state index in [-0.39, 0.29) is 5.82 Å². The minimum atomic E-state index is -0.108. The molecule has 2 unspecified atom stereocenters. The lowest BCUT2D eigenvalue weighted by atomic mass is 9.86. The Balaban J connectivity index is 1.59. The highest BCUT2D eigenvalue weighted by atomic mass is 19.1. The molecular formula is C20H31FN2. The minimum Gasteiger partial charge on any atom is -0.312 e. The van der Waals surface area contributed by atoms with Crippen molar-refractivity contribution in [3.8, 4) is 0 Å². The van der Waals surface area contributed by atoms with Crippen LogP contribution in [0.2, 0.25) is 0 Å². The van der Waals surface area contributed by atoms with E-state index in [1.54, 1.807) is 12.1 Å². The number of benzene rings is 1. The maximum Gasteiger partial charge on any atom is 0.123 e. The number of rotatable bonds is 5. The number of nitrogens with one attached hydrogen (secondary N) is 1. The first kappa shape index (κ1) is 16.9. The van der Waals surface area contributed by atoms with Gasteiger partial charge in [-0.25, -0.2) is 4.39 Å². The summed E-state index contributed by atoms with van der Waals surface area (Å²) in [5.74, 6) is 1.21. The van der Waals surface area contributed by atoms with E-state index in [0.717, 1.165) is 44.1 Å². The fourth-order valence-corrected chi connectivity index (χ4v) is 4.32. The summed E-state index contributed by atoms with van der Waals surface area (Å²) >= 11 is 0. The number of piperidine rings is 1. The predicted octanol–water partition coefficient (Wildman–Crippen LogP) is 4.17. The summed E-state index contributed by atoms with van der Waals surface area (Å²) in [6.45, 7) is 6.66. The van der Waals surface area contributed by atoms with Gasteiger partial charge in [0.05, 0.1) is 0 Å². The molecule has 0 aromatic heterocycles. The molecule has 1 N–H and O–H groups in total. The van der Waals surface area contributed by atoms with Gasteiger partial charge in [0.1, 0.15) is 5.82 Å². The molecule has 3 heteroatoms. The third kappa shape index (κ3) is 4.77. The lowest BCUT2D eigenvalue weighted by Gasteiger charge is -2.38. The van der Waals surface area contributed by atoms with E-state index in [0.29, 0.717) is 12.0 Å². The lowest BCUT2D eigenvalue weighted by molar-refractivity contribution is 0.172. The molecular weight excluding hydrogens is 287 g/mol. The smallest absolute Gasteiger partial charge is 0.123 e. The van der Waals surface area contributed by atoms with Crippen molar-refractivity contribution < 1.29 is 4.39 Å². The van der Waals surface area contributed by atoms with Crippen molar-refractivity contribution in [1.82, 2.24) is 10.2 Å². The first-order chi connectivity index (χ1) is 11.2. The van der Waals surface area contributed by atoms with Crippen LogP contribution in [0, 0.1) is 11.7 Å². The Morgan fingerprint density at radius 1 is 1.17 bits per heavy atom.